The average Bonchev–Trinajstić information content (AvgIpc) is 3.54. The number of anilines is 1. The molecule has 4 heteroatoms. The molecule has 1 aliphatic carbocycles. The number of hydrogen-bond donors (Lipinski definition) is 1. The summed E-state index contributed by atoms with van der Waals surface area (Å²) in [4.78, 5) is 16.8. The van der Waals surface area contributed by atoms with Gasteiger partial charge in [0.25, 0.3) is 5.91 Å². The van der Waals surface area contributed by atoms with E-state index in [1.807, 2.05) is 60.7 Å². The van der Waals surface area contributed by atoms with Crippen LogP contribution in [0.3, 0.4) is 0 Å². The van der Waals surface area contributed by atoms with Crippen LogP contribution in [0.4, 0.5) is 5.69 Å². The molecule has 130 valence electrons. The number of nitrogens with zero attached hydrogens (tertiary/aromatic N) is 1. The van der Waals surface area contributed by atoms with Crippen molar-refractivity contribution in [3.63, 3.8) is 0 Å². The molecule has 1 fully saturated rings. The molecular weight excluding hydrogens is 324 g/mol. The van der Waals surface area contributed by atoms with Crippen LogP contribution in [-0.4, -0.2) is 10.9 Å². The Balaban J connectivity index is 1.36. The molecule has 0 bridgehead atoms. The Morgan fingerprint density at radius 3 is 2.54 bits per heavy atom. The van der Waals surface area contributed by atoms with Crippen molar-refractivity contribution >= 4 is 11.6 Å². The van der Waals surface area contributed by atoms with Crippen molar-refractivity contribution in [2.45, 2.75) is 25.4 Å². The van der Waals surface area contributed by atoms with Gasteiger partial charge >= 0.3 is 0 Å². The summed E-state index contributed by atoms with van der Waals surface area (Å²) in [7, 11) is 0. The number of carbonyl (C=O) groups excluding carboxylic acids is 1. The van der Waals surface area contributed by atoms with Gasteiger partial charge in [-0.3, -0.25) is 9.78 Å². The zero-order valence-corrected chi connectivity index (χ0v) is 14.4. The number of carbonyl (C=O) groups is 1. The number of benzene rings is 2. The monoisotopic (exact) mass is 344 g/mol. The van der Waals surface area contributed by atoms with E-state index in [-0.39, 0.29) is 5.91 Å². The smallest absolute Gasteiger partial charge is 0.255 e. The van der Waals surface area contributed by atoms with Gasteiger partial charge in [0.1, 0.15) is 12.4 Å². The van der Waals surface area contributed by atoms with E-state index >= 15 is 0 Å². The highest BCUT2D eigenvalue weighted by Crippen LogP contribution is 2.39. The molecule has 1 amide bonds. The highest BCUT2D eigenvalue weighted by atomic mass is 16.5. The third-order valence-corrected chi connectivity index (χ3v) is 4.40. The van der Waals surface area contributed by atoms with Crippen LogP contribution in [0.5, 0.6) is 5.75 Å². The van der Waals surface area contributed by atoms with Crippen molar-refractivity contribution in [1.29, 1.82) is 0 Å². The van der Waals surface area contributed by atoms with Gasteiger partial charge in [-0.15, -0.1) is 0 Å². The molecular formula is C22H20N2O2. The van der Waals surface area contributed by atoms with Crippen LogP contribution in [0, 0.1) is 0 Å². The molecule has 0 saturated heterocycles. The lowest BCUT2D eigenvalue weighted by molar-refractivity contribution is 0.102. The maximum atomic E-state index is 12.4. The molecule has 0 aliphatic heterocycles. The quantitative estimate of drug-likeness (QED) is 0.699. The van der Waals surface area contributed by atoms with Crippen molar-refractivity contribution in [2.75, 3.05) is 5.32 Å². The average molecular weight is 344 g/mol. The fourth-order valence-corrected chi connectivity index (χ4v) is 2.77. The van der Waals surface area contributed by atoms with E-state index in [0.29, 0.717) is 18.1 Å². The predicted molar refractivity (Wildman–Crippen MR) is 101 cm³/mol. The Morgan fingerprint density at radius 1 is 1.04 bits per heavy atom. The number of ether oxygens (including phenoxy) is 1. The van der Waals surface area contributed by atoms with E-state index in [1.165, 1.54) is 12.8 Å². The number of nitrogens with one attached hydrogen (secondary N) is 1. The number of amides is 1. The van der Waals surface area contributed by atoms with Crippen LogP contribution in [0.15, 0.2) is 72.9 Å². The molecule has 0 atom stereocenters. The lowest BCUT2D eigenvalue weighted by atomic mass is 10.1. The summed E-state index contributed by atoms with van der Waals surface area (Å²) in [6, 6.07) is 21.1. The van der Waals surface area contributed by atoms with Gasteiger partial charge in [0.2, 0.25) is 0 Å². The van der Waals surface area contributed by atoms with E-state index < -0.39 is 0 Å². The van der Waals surface area contributed by atoms with Gasteiger partial charge in [0.15, 0.2) is 0 Å². The lowest BCUT2D eigenvalue weighted by Crippen LogP contribution is -2.12. The summed E-state index contributed by atoms with van der Waals surface area (Å²) < 4.78 is 5.76. The van der Waals surface area contributed by atoms with Gasteiger partial charge < -0.3 is 10.1 Å². The van der Waals surface area contributed by atoms with Crippen LogP contribution in [-0.2, 0) is 6.61 Å². The molecule has 0 radical (unpaired) electrons. The molecule has 1 saturated carbocycles. The topological polar surface area (TPSA) is 51.2 Å². The van der Waals surface area contributed by atoms with E-state index in [4.69, 9.17) is 4.74 Å². The fourth-order valence-electron chi connectivity index (χ4n) is 2.77. The minimum absolute atomic E-state index is 0.118. The van der Waals surface area contributed by atoms with Gasteiger partial charge in [-0.05, 0) is 54.8 Å². The van der Waals surface area contributed by atoms with Gasteiger partial charge in [0, 0.05) is 29.1 Å². The second-order valence-electron chi connectivity index (χ2n) is 6.50. The Hall–Kier alpha value is -3.14. The van der Waals surface area contributed by atoms with Gasteiger partial charge in [0.05, 0.1) is 0 Å². The van der Waals surface area contributed by atoms with E-state index in [2.05, 4.69) is 10.3 Å². The summed E-state index contributed by atoms with van der Waals surface area (Å²) in [5.74, 6) is 1.18. The Morgan fingerprint density at radius 2 is 1.81 bits per heavy atom. The molecule has 4 rings (SSSR count). The first-order valence-electron chi connectivity index (χ1n) is 8.82. The molecule has 4 nitrogen and oxygen atoms in total. The Bertz CT molecular complexity index is 888. The molecule has 1 heterocycles. The first-order valence-corrected chi connectivity index (χ1v) is 8.82. The second kappa shape index (κ2) is 7.40. The third kappa shape index (κ3) is 4.09. The van der Waals surface area contributed by atoms with E-state index in [9.17, 15) is 4.79 Å². The van der Waals surface area contributed by atoms with Crippen LogP contribution >= 0.6 is 0 Å². The van der Waals surface area contributed by atoms with Crippen molar-refractivity contribution < 1.29 is 9.53 Å². The summed E-state index contributed by atoms with van der Waals surface area (Å²) in [5, 5.41) is 2.92. The Labute approximate surface area is 152 Å². The largest absolute Gasteiger partial charge is 0.489 e. The summed E-state index contributed by atoms with van der Waals surface area (Å²) in [6.45, 7) is 0.521. The molecule has 0 unspecified atom stereocenters. The number of rotatable bonds is 6. The van der Waals surface area contributed by atoms with Crippen molar-refractivity contribution in [3.8, 4) is 5.75 Å². The van der Waals surface area contributed by atoms with Crippen molar-refractivity contribution in [1.82, 2.24) is 4.98 Å². The highest BCUT2D eigenvalue weighted by molar-refractivity contribution is 6.04. The molecule has 1 aromatic heterocycles. The molecule has 1 N–H and O–H groups in total. The maximum Gasteiger partial charge on any atom is 0.255 e. The third-order valence-electron chi connectivity index (χ3n) is 4.40. The number of hydrogen-bond acceptors (Lipinski definition) is 3. The number of aromatic nitrogens is 1. The zero-order chi connectivity index (χ0) is 17.8. The molecule has 26 heavy (non-hydrogen) atoms. The maximum absolute atomic E-state index is 12.4. The zero-order valence-electron chi connectivity index (χ0n) is 14.4. The first kappa shape index (κ1) is 16.3. The molecule has 1 aliphatic rings. The normalized spacial score (nSPS) is 13.2. The summed E-state index contributed by atoms with van der Waals surface area (Å²) in [6.07, 6.45) is 4.05. The highest BCUT2D eigenvalue weighted by Gasteiger charge is 2.25. The van der Waals surface area contributed by atoms with Gasteiger partial charge in [-0.1, -0.05) is 30.3 Å². The van der Waals surface area contributed by atoms with Crippen LogP contribution in [0.1, 0.15) is 40.4 Å². The van der Waals surface area contributed by atoms with Crippen LogP contribution in [0.2, 0.25) is 0 Å². The van der Waals surface area contributed by atoms with Crippen LogP contribution < -0.4 is 10.1 Å². The van der Waals surface area contributed by atoms with E-state index in [1.54, 1.807) is 12.3 Å². The van der Waals surface area contributed by atoms with Gasteiger partial charge in [-0.2, -0.15) is 0 Å². The predicted octanol–water partition coefficient (Wildman–Crippen LogP) is 4.79. The molecule has 0 spiro atoms. The molecule has 3 aromatic rings. The minimum atomic E-state index is -0.118. The number of pyridine rings is 1. The van der Waals surface area contributed by atoms with Crippen molar-refractivity contribution in [3.05, 3.63) is 89.7 Å². The lowest BCUT2D eigenvalue weighted by Gasteiger charge is -2.09. The fraction of sp³-hybridized carbons (Fsp3) is 0.182. The SMILES string of the molecule is O=C(Nc1ccc(OCc2ccccc2)cc1)c1ccnc(C2CC2)c1. The van der Waals surface area contributed by atoms with Crippen molar-refractivity contribution in [2.24, 2.45) is 0 Å². The first-order chi connectivity index (χ1) is 12.8. The standard InChI is InChI=1S/C22H20N2O2/c25-22(18-12-13-23-21(14-18)17-6-7-17)24-19-8-10-20(11-9-19)26-15-16-4-2-1-3-5-16/h1-5,8-14,17H,6-7,15H2,(H,24,25). The Kier molecular flexibility index (Phi) is 4.65. The summed E-state index contributed by atoms with van der Waals surface area (Å²) >= 11 is 0. The second-order valence-corrected chi connectivity index (χ2v) is 6.50. The molecule has 2 aromatic carbocycles. The summed E-state index contributed by atoms with van der Waals surface area (Å²) in [5.41, 5.74) is 3.52. The van der Waals surface area contributed by atoms with E-state index in [0.717, 1.165) is 22.7 Å². The minimum Gasteiger partial charge on any atom is -0.489 e. The van der Waals surface area contributed by atoms with Gasteiger partial charge in [-0.25, -0.2) is 0 Å². The van der Waals surface area contributed by atoms with Crippen LogP contribution in [0.25, 0.3) is 0 Å².